The number of carbonyl (C=O) groups is 1. The van der Waals surface area contributed by atoms with Gasteiger partial charge in [0.1, 0.15) is 5.41 Å². The number of rotatable bonds is 8. The minimum atomic E-state index is -0.703. The predicted octanol–water partition coefficient (Wildman–Crippen LogP) is 6.20. The highest BCUT2D eigenvalue weighted by Gasteiger charge is 2.43. The van der Waals surface area contributed by atoms with Crippen LogP contribution in [0.25, 0.3) is 5.70 Å². The number of hydrogen-bond acceptors (Lipinski definition) is 5. The van der Waals surface area contributed by atoms with Crippen molar-refractivity contribution in [1.82, 2.24) is 14.7 Å². The molecule has 5 nitrogen and oxygen atoms in total. The second-order valence-electron chi connectivity index (χ2n) is 11.7. The Morgan fingerprint density at radius 1 is 0.878 bits per heavy atom. The van der Waals surface area contributed by atoms with Gasteiger partial charge in [-0.15, -0.1) is 0 Å². The van der Waals surface area contributed by atoms with Gasteiger partial charge in [0.15, 0.2) is 5.17 Å². The van der Waals surface area contributed by atoms with Crippen LogP contribution in [0.2, 0.25) is 0 Å². The molecular weight excluding hydrogens is 524 g/mol. The van der Waals surface area contributed by atoms with Gasteiger partial charge < -0.3 is 14.7 Å². The average molecular weight is 565 g/mol. The predicted molar refractivity (Wildman–Crippen MR) is 171 cm³/mol. The highest BCUT2D eigenvalue weighted by atomic mass is 32.2. The van der Waals surface area contributed by atoms with Crippen molar-refractivity contribution in [2.24, 2.45) is 16.8 Å². The zero-order chi connectivity index (χ0) is 28.2. The Balaban J connectivity index is 1.13. The fraction of sp³-hybridized carbons (Fsp3) is 0.371. The maximum atomic E-state index is 14.0. The summed E-state index contributed by atoms with van der Waals surface area (Å²) in [7, 11) is 3.76. The first-order valence-corrected chi connectivity index (χ1v) is 15.7. The smallest absolute Gasteiger partial charge is 0.237 e. The molecule has 1 atom stereocenters. The largest absolute Gasteiger partial charge is 0.348 e. The zero-order valence-electron chi connectivity index (χ0n) is 24.2. The van der Waals surface area contributed by atoms with E-state index in [0.29, 0.717) is 11.8 Å². The van der Waals surface area contributed by atoms with E-state index in [2.05, 4.69) is 94.1 Å². The lowest BCUT2D eigenvalue weighted by molar-refractivity contribution is -0.133. The molecule has 0 aliphatic carbocycles. The number of thioether (sulfide) groups is 1. The number of aliphatic imine (C=N–C) groups is 1. The molecule has 1 fully saturated rings. The van der Waals surface area contributed by atoms with Crippen molar-refractivity contribution in [2.45, 2.75) is 24.7 Å². The molecule has 1 amide bonds. The van der Waals surface area contributed by atoms with Crippen LogP contribution in [0.1, 0.15) is 36.0 Å². The number of benzene rings is 3. The van der Waals surface area contributed by atoms with Gasteiger partial charge in [0.05, 0.1) is 5.70 Å². The van der Waals surface area contributed by atoms with E-state index in [9.17, 15) is 4.79 Å². The first-order valence-electron chi connectivity index (χ1n) is 14.9. The van der Waals surface area contributed by atoms with Gasteiger partial charge >= 0.3 is 0 Å². The quantitative estimate of drug-likeness (QED) is 0.327. The molecule has 0 radical (unpaired) electrons. The summed E-state index contributed by atoms with van der Waals surface area (Å²) in [5.74, 6) is 1.40. The van der Waals surface area contributed by atoms with Crippen molar-refractivity contribution in [3.63, 3.8) is 0 Å². The number of piperidine rings is 1. The SMILES string of the molecule is CN(C)C(=O)C(CCN1CCC(C2CN=C3SC=C(c4ccccc4)N3C2)CC1)(c1ccccc1)c1ccccc1. The summed E-state index contributed by atoms with van der Waals surface area (Å²) in [6, 6.07) is 31.4. The van der Waals surface area contributed by atoms with Crippen LogP contribution < -0.4 is 0 Å². The van der Waals surface area contributed by atoms with Crippen LogP contribution in [0.3, 0.4) is 0 Å². The summed E-state index contributed by atoms with van der Waals surface area (Å²) >= 11 is 1.76. The van der Waals surface area contributed by atoms with Crippen LogP contribution in [-0.4, -0.2) is 72.6 Å². The van der Waals surface area contributed by atoms with Crippen molar-refractivity contribution < 1.29 is 4.79 Å². The number of hydrogen-bond donors (Lipinski definition) is 0. The molecule has 6 rings (SSSR count). The van der Waals surface area contributed by atoms with Crippen molar-refractivity contribution in [3.8, 4) is 0 Å². The third kappa shape index (κ3) is 5.60. The zero-order valence-corrected chi connectivity index (χ0v) is 25.0. The van der Waals surface area contributed by atoms with E-state index in [0.717, 1.165) is 55.4 Å². The summed E-state index contributed by atoms with van der Waals surface area (Å²) in [6.07, 6.45) is 3.13. The number of carbonyl (C=O) groups excluding carboxylic acids is 1. The first kappa shape index (κ1) is 27.8. The van der Waals surface area contributed by atoms with Crippen LogP contribution >= 0.6 is 11.8 Å². The number of likely N-dealkylation sites (tertiary alicyclic amines) is 1. The number of fused-ring (bicyclic) bond motifs is 1. The summed E-state index contributed by atoms with van der Waals surface area (Å²) in [6.45, 7) is 5.03. The molecule has 3 heterocycles. The molecule has 6 heteroatoms. The van der Waals surface area contributed by atoms with Gasteiger partial charge in [-0.1, -0.05) is 103 Å². The second-order valence-corrected chi connectivity index (χ2v) is 12.6. The van der Waals surface area contributed by atoms with Crippen LogP contribution in [0.15, 0.2) is 101 Å². The van der Waals surface area contributed by atoms with Crippen LogP contribution in [0, 0.1) is 11.8 Å². The molecule has 41 heavy (non-hydrogen) atoms. The lowest BCUT2D eigenvalue weighted by Gasteiger charge is -2.41. The van der Waals surface area contributed by atoms with Crippen LogP contribution in [0.4, 0.5) is 0 Å². The van der Waals surface area contributed by atoms with Crippen molar-refractivity contribution >= 4 is 28.5 Å². The molecule has 0 bridgehead atoms. The van der Waals surface area contributed by atoms with E-state index >= 15 is 0 Å². The molecular formula is C35H40N4OS. The third-order valence-corrected chi connectivity index (χ3v) is 10.1. The standard InChI is InChI=1S/C35H40N4OS/c1-37(2)33(40)35(30-14-8-4-9-15-30,31-16-10-5-11-17-31)20-23-38-21-18-27(19-22-38)29-24-36-34-39(25-29)32(26-41-34)28-12-6-3-7-13-28/h3-17,26-27,29H,18-25H2,1-2H3. The number of nitrogens with zero attached hydrogens (tertiary/aromatic N) is 4. The Bertz CT molecular complexity index is 1340. The van der Waals surface area contributed by atoms with E-state index in [1.165, 1.54) is 24.1 Å². The summed E-state index contributed by atoms with van der Waals surface area (Å²) in [4.78, 5) is 25.8. The van der Waals surface area contributed by atoms with Gasteiger partial charge in [-0.05, 0) is 67.4 Å². The molecule has 3 aliphatic rings. The van der Waals surface area contributed by atoms with E-state index in [1.54, 1.807) is 16.7 Å². The Morgan fingerprint density at radius 2 is 1.46 bits per heavy atom. The van der Waals surface area contributed by atoms with E-state index < -0.39 is 5.41 Å². The van der Waals surface area contributed by atoms with Crippen LogP contribution in [-0.2, 0) is 10.2 Å². The van der Waals surface area contributed by atoms with E-state index in [1.807, 2.05) is 26.2 Å². The maximum Gasteiger partial charge on any atom is 0.237 e. The summed E-state index contributed by atoms with van der Waals surface area (Å²) in [5, 5.41) is 3.42. The van der Waals surface area contributed by atoms with Gasteiger partial charge in [-0.25, -0.2) is 0 Å². The van der Waals surface area contributed by atoms with Crippen molar-refractivity contribution in [1.29, 1.82) is 0 Å². The molecule has 0 aromatic heterocycles. The number of amides is 1. The fourth-order valence-electron chi connectivity index (χ4n) is 6.87. The van der Waals surface area contributed by atoms with Gasteiger partial charge in [0.25, 0.3) is 0 Å². The highest BCUT2D eigenvalue weighted by Crippen LogP contribution is 2.40. The highest BCUT2D eigenvalue weighted by molar-refractivity contribution is 8.16. The average Bonchev–Trinajstić information content (AvgIpc) is 3.46. The molecule has 3 aromatic carbocycles. The lowest BCUT2D eigenvalue weighted by Crippen LogP contribution is -2.48. The second kappa shape index (κ2) is 12.3. The van der Waals surface area contributed by atoms with Gasteiger partial charge in [-0.2, -0.15) is 0 Å². The molecule has 0 saturated carbocycles. The monoisotopic (exact) mass is 564 g/mol. The van der Waals surface area contributed by atoms with Gasteiger partial charge in [0.2, 0.25) is 5.91 Å². The minimum Gasteiger partial charge on any atom is -0.348 e. The summed E-state index contributed by atoms with van der Waals surface area (Å²) in [5.41, 5.74) is 4.00. The van der Waals surface area contributed by atoms with E-state index in [4.69, 9.17) is 4.99 Å². The molecule has 0 N–H and O–H groups in total. The fourth-order valence-corrected chi connectivity index (χ4v) is 7.80. The van der Waals surface area contributed by atoms with Crippen molar-refractivity contribution in [2.75, 3.05) is 46.8 Å². The third-order valence-electron chi connectivity index (χ3n) is 9.15. The lowest BCUT2D eigenvalue weighted by atomic mass is 9.70. The molecule has 3 aromatic rings. The maximum absolute atomic E-state index is 14.0. The molecule has 1 unspecified atom stereocenters. The Labute approximate surface area is 249 Å². The van der Waals surface area contributed by atoms with E-state index in [-0.39, 0.29) is 5.91 Å². The minimum absolute atomic E-state index is 0.145. The Morgan fingerprint density at radius 3 is 2.05 bits per heavy atom. The number of amidine groups is 1. The van der Waals surface area contributed by atoms with Gasteiger partial charge in [0, 0.05) is 32.6 Å². The molecule has 3 aliphatic heterocycles. The normalized spacial score (nSPS) is 19.9. The first-order chi connectivity index (χ1) is 20.1. The van der Waals surface area contributed by atoms with Crippen molar-refractivity contribution in [3.05, 3.63) is 113 Å². The summed E-state index contributed by atoms with van der Waals surface area (Å²) < 4.78 is 0. The molecule has 1 saturated heterocycles. The molecule has 212 valence electrons. The molecule has 0 spiro atoms. The van der Waals surface area contributed by atoms with Gasteiger partial charge in [-0.3, -0.25) is 9.79 Å². The number of likely N-dealkylation sites (N-methyl/N-ethyl adjacent to an activating group) is 1. The Kier molecular flexibility index (Phi) is 8.31. The Hall–Kier alpha value is -3.35. The van der Waals surface area contributed by atoms with Crippen LogP contribution in [0.5, 0.6) is 0 Å². The topological polar surface area (TPSA) is 39.2 Å².